The fourth-order valence-corrected chi connectivity index (χ4v) is 1.72. The van der Waals surface area contributed by atoms with Gasteiger partial charge in [0, 0.05) is 17.9 Å². The molecule has 0 saturated heterocycles. The van der Waals surface area contributed by atoms with E-state index in [0.717, 1.165) is 17.8 Å². The van der Waals surface area contributed by atoms with Crippen LogP contribution in [0, 0.1) is 13.8 Å². The fourth-order valence-electron chi connectivity index (χ4n) is 1.72. The van der Waals surface area contributed by atoms with Crippen LogP contribution < -0.4 is 5.69 Å². The third-order valence-electron chi connectivity index (χ3n) is 2.44. The van der Waals surface area contributed by atoms with Crippen molar-refractivity contribution in [3.05, 3.63) is 27.4 Å². The first kappa shape index (κ1) is 9.96. The molecule has 0 aromatic carbocycles. The molecule has 0 spiro atoms. The molecule has 3 nitrogen and oxygen atoms in total. The molecule has 0 radical (unpaired) electrons. The lowest BCUT2D eigenvalue weighted by molar-refractivity contribution is 0.657. The van der Waals surface area contributed by atoms with Crippen molar-refractivity contribution in [2.75, 3.05) is 0 Å². The van der Waals surface area contributed by atoms with E-state index in [-0.39, 0.29) is 5.69 Å². The zero-order valence-electron chi connectivity index (χ0n) is 8.72. The summed E-state index contributed by atoms with van der Waals surface area (Å²) in [6.07, 6.45) is 0.935. The van der Waals surface area contributed by atoms with E-state index < -0.39 is 0 Å². The van der Waals surface area contributed by atoms with Crippen LogP contribution in [0.3, 0.4) is 0 Å². The standard InChI is InChI=1S/C10H16N2O/c1-5-9-7(3)11-10(13)12(6-2)8(9)4/h5-6H2,1-4H3. The Labute approximate surface area is 78.4 Å². The monoisotopic (exact) mass is 180 g/mol. The highest BCUT2D eigenvalue weighted by atomic mass is 16.1. The average Bonchev–Trinajstić information content (AvgIpc) is 2.04. The summed E-state index contributed by atoms with van der Waals surface area (Å²) < 4.78 is 1.71. The molecule has 0 atom stereocenters. The number of hydrogen-bond donors (Lipinski definition) is 0. The Hall–Kier alpha value is -1.12. The SMILES string of the molecule is CCc1c(C)nc(=O)n(CC)c1C. The van der Waals surface area contributed by atoms with Gasteiger partial charge in [0.1, 0.15) is 0 Å². The summed E-state index contributed by atoms with van der Waals surface area (Å²) in [5.74, 6) is 0. The maximum Gasteiger partial charge on any atom is 0.347 e. The van der Waals surface area contributed by atoms with Gasteiger partial charge in [0.15, 0.2) is 0 Å². The Morgan fingerprint density at radius 3 is 2.38 bits per heavy atom. The summed E-state index contributed by atoms with van der Waals surface area (Å²) in [6.45, 7) is 8.63. The van der Waals surface area contributed by atoms with Crippen LogP contribution in [0.5, 0.6) is 0 Å². The first-order chi connectivity index (χ1) is 6.11. The largest absolute Gasteiger partial charge is 0.347 e. The first-order valence-electron chi connectivity index (χ1n) is 4.68. The molecule has 13 heavy (non-hydrogen) atoms. The molecule has 0 aliphatic heterocycles. The molecule has 1 aromatic heterocycles. The smallest absolute Gasteiger partial charge is 0.297 e. The highest BCUT2D eigenvalue weighted by Gasteiger charge is 2.07. The van der Waals surface area contributed by atoms with Gasteiger partial charge in [0.05, 0.1) is 0 Å². The van der Waals surface area contributed by atoms with E-state index in [2.05, 4.69) is 11.9 Å². The van der Waals surface area contributed by atoms with Crippen molar-refractivity contribution in [3.8, 4) is 0 Å². The summed E-state index contributed by atoms with van der Waals surface area (Å²) in [5.41, 5.74) is 2.99. The Morgan fingerprint density at radius 2 is 1.92 bits per heavy atom. The Kier molecular flexibility index (Phi) is 2.86. The molecule has 1 rings (SSSR count). The number of nitrogens with zero attached hydrogens (tertiary/aromatic N) is 2. The predicted octanol–water partition coefficient (Wildman–Crippen LogP) is 1.44. The fraction of sp³-hybridized carbons (Fsp3) is 0.600. The molecule has 0 amide bonds. The van der Waals surface area contributed by atoms with E-state index in [1.165, 1.54) is 5.56 Å². The maximum atomic E-state index is 11.4. The molecular formula is C10H16N2O. The summed E-state index contributed by atoms with van der Waals surface area (Å²) in [4.78, 5) is 15.4. The van der Waals surface area contributed by atoms with Gasteiger partial charge in [-0.2, -0.15) is 4.98 Å². The minimum absolute atomic E-state index is 0.130. The normalized spacial score (nSPS) is 10.5. The molecule has 1 aromatic rings. The van der Waals surface area contributed by atoms with Gasteiger partial charge >= 0.3 is 5.69 Å². The van der Waals surface area contributed by atoms with Crippen molar-refractivity contribution in [2.45, 2.75) is 40.7 Å². The lowest BCUT2D eigenvalue weighted by Crippen LogP contribution is -2.26. The van der Waals surface area contributed by atoms with Gasteiger partial charge in [0.25, 0.3) is 0 Å². The summed E-state index contributed by atoms with van der Waals surface area (Å²) in [7, 11) is 0. The minimum atomic E-state index is -0.130. The summed E-state index contributed by atoms with van der Waals surface area (Å²) in [6, 6.07) is 0. The van der Waals surface area contributed by atoms with E-state index in [1.807, 2.05) is 20.8 Å². The van der Waals surface area contributed by atoms with Crippen molar-refractivity contribution in [3.63, 3.8) is 0 Å². The lowest BCUT2D eigenvalue weighted by atomic mass is 10.1. The van der Waals surface area contributed by atoms with Crippen molar-refractivity contribution in [2.24, 2.45) is 0 Å². The highest BCUT2D eigenvalue weighted by Crippen LogP contribution is 2.09. The van der Waals surface area contributed by atoms with Crippen molar-refractivity contribution in [1.29, 1.82) is 0 Å². The van der Waals surface area contributed by atoms with Crippen LogP contribution in [0.2, 0.25) is 0 Å². The Bertz CT molecular complexity index is 366. The highest BCUT2D eigenvalue weighted by molar-refractivity contribution is 5.23. The zero-order chi connectivity index (χ0) is 10.0. The van der Waals surface area contributed by atoms with Gasteiger partial charge in [-0.3, -0.25) is 4.57 Å². The molecule has 0 N–H and O–H groups in total. The van der Waals surface area contributed by atoms with Gasteiger partial charge in [-0.1, -0.05) is 6.92 Å². The van der Waals surface area contributed by atoms with Gasteiger partial charge < -0.3 is 0 Å². The Morgan fingerprint density at radius 1 is 1.31 bits per heavy atom. The maximum absolute atomic E-state index is 11.4. The van der Waals surface area contributed by atoms with E-state index in [9.17, 15) is 4.79 Å². The second-order valence-corrected chi connectivity index (χ2v) is 3.14. The predicted molar refractivity (Wildman–Crippen MR) is 53.0 cm³/mol. The van der Waals surface area contributed by atoms with Crippen LogP contribution in [0.1, 0.15) is 30.8 Å². The second-order valence-electron chi connectivity index (χ2n) is 3.14. The van der Waals surface area contributed by atoms with Crippen molar-refractivity contribution < 1.29 is 0 Å². The zero-order valence-corrected chi connectivity index (χ0v) is 8.72. The summed E-state index contributed by atoms with van der Waals surface area (Å²) in [5, 5.41) is 0. The van der Waals surface area contributed by atoms with E-state index in [0.29, 0.717) is 6.54 Å². The van der Waals surface area contributed by atoms with Crippen LogP contribution in [0.25, 0.3) is 0 Å². The third kappa shape index (κ3) is 1.64. The van der Waals surface area contributed by atoms with Gasteiger partial charge in [-0.15, -0.1) is 0 Å². The quantitative estimate of drug-likeness (QED) is 0.690. The summed E-state index contributed by atoms with van der Waals surface area (Å²) >= 11 is 0. The van der Waals surface area contributed by atoms with Gasteiger partial charge in [0.2, 0.25) is 0 Å². The van der Waals surface area contributed by atoms with Crippen molar-refractivity contribution in [1.82, 2.24) is 9.55 Å². The molecule has 0 bridgehead atoms. The average molecular weight is 180 g/mol. The topological polar surface area (TPSA) is 34.9 Å². The number of hydrogen-bond acceptors (Lipinski definition) is 2. The number of aryl methyl sites for hydroxylation is 1. The van der Waals surface area contributed by atoms with E-state index in [4.69, 9.17) is 0 Å². The van der Waals surface area contributed by atoms with E-state index >= 15 is 0 Å². The molecule has 1 heterocycles. The molecule has 0 unspecified atom stereocenters. The second kappa shape index (κ2) is 3.73. The van der Waals surface area contributed by atoms with Gasteiger partial charge in [-0.25, -0.2) is 4.79 Å². The lowest BCUT2D eigenvalue weighted by Gasteiger charge is -2.12. The van der Waals surface area contributed by atoms with Crippen LogP contribution >= 0.6 is 0 Å². The van der Waals surface area contributed by atoms with E-state index in [1.54, 1.807) is 4.57 Å². The molecular weight excluding hydrogens is 164 g/mol. The molecule has 0 aliphatic carbocycles. The molecule has 72 valence electrons. The molecule has 0 fully saturated rings. The van der Waals surface area contributed by atoms with Gasteiger partial charge in [-0.05, 0) is 32.8 Å². The number of rotatable bonds is 2. The third-order valence-corrected chi connectivity index (χ3v) is 2.44. The van der Waals surface area contributed by atoms with Crippen LogP contribution in [-0.4, -0.2) is 9.55 Å². The Balaban J connectivity index is 3.48. The van der Waals surface area contributed by atoms with Crippen LogP contribution in [-0.2, 0) is 13.0 Å². The molecule has 0 saturated carbocycles. The minimum Gasteiger partial charge on any atom is -0.297 e. The van der Waals surface area contributed by atoms with Crippen LogP contribution in [0.4, 0.5) is 0 Å². The molecule has 3 heteroatoms. The van der Waals surface area contributed by atoms with Crippen LogP contribution in [0.15, 0.2) is 4.79 Å². The molecule has 0 aliphatic rings. The first-order valence-corrected chi connectivity index (χ1v) is 4.68. The van der Waals surface area contributed by atoms with Crippen molar-refractivity contribution >= 4 is 0 Å². The number of aromatic nitrogens is 2.